The molecular formula is C17H25NO. The summed E-state index contributed by atoms with van der Waals surface area (Å²) in [6, 6.07) is 10.5. The van der Waals surface area contributed by atoms with Crippen molar-refractivity contribution in [2.24, 2.45) is 5.92 Å². The average molecular weight is 259 g/mol. The smallest absolute Gasteiger partial charge is 0.0772 e. The van der Waals surface area contributed by atoms with Crippen LogP contribution in [0.25, 0.3) is 0 Å². The maximum Gasteiger partial charge on any atom is 0.0772 e. The third-order valence-electron chi connectivity index (χ3n) is 4.36. The van der Waals surface area contributed by atoms with E-state index in [4.69, 9.17) is 0 Å². The summed E-state index contributed by atoms with van der Waals surface area (Å²) in [6.45, 7) is 8.92. The summed E-state index contributed by atoms with van der Waals surface area (Å²) in [5, 5.41) is 14.0. The molecule has 0 amide bonds. The Morgan fingerprint density at radius 3 is 2.74 bits per heavy atom. The standard InChI is InChI=1S/C17H25NO/c1-13(2)15-9-10-17(3,19)16(11-15)18-12-14-7-5-4-6-8-14/h4-8,15-16,18-19H,1,9-12H2,2-3H3/t15-,16-,17-/m0/s1. The number of nitrogens with one attached hydrogen (secondary N) is 1. The van der Waals surface area contributed by atoms with E-state index in [9.17, 15) is 5.11 Å². The molecule has 1 saturated carbocycles. The quantitative estimate of drug-likeness (QED) is 0.813. The Morgan fingerprint density at radius 2 is 2.11 bits per heavy atom. The van der Waals surface area contributed by atoms with Crippen LogP contribution in [0, 0.1) is 5.92 Å². The fraction of sp³-hybridized carbons (Fsp3) is 0.529. The minimum absolute atomic E-state index is 0.142. The van der Waals surface area contributed by atoms with Crippen molar-refractivity contribution in [2.45, 2.75) is 51.3 Å². The van der Waals surface area contributed by atoms with Crippen molar-refractivity contribution in [1.29, 1.82) is 0 Å². The molecule has 1 fully saturated rings. The first-order chi connectivity index (χ1) is 8.99. The van der Waals surface area contributed by atoms with Gasteiger partial charge in [0.05, 0.1) is 5.60 Å². The van der Waals surface area contributed by atoms with Gasteiger partial charge < -0.3 is 10.4 Å². The molecule has 0 spiro atoms. The molecular weight excluding hydrogens is 234 g/mol. The molecule has 2 nitrogen and oxygen atoms in total. The Labute approximate surface area is 116 Å². The van der Waals surface area contributed by atoms with Crippen LogP contribution in [-0.4, -0.2) is 16.7 Å². The lowest BCUT2D eigenvalue weighted by molar-refractivity contribution is -0.0205. The number of benzene rings is 1. The lowest BCUT2D eigenvalue weighted by atomic mass is 9.74. The first-order valence-corrected chi connectivity index (χ1v) is 7.14. The van der Waals surface area contributed by atoms with Gasteiger partial charge in [0.25, 0.3) is 0 Å². The van der Waals surface area contributed by atoms with Gasteiger partial charge in [-0.1, -0.05) is 42.5 Å². The summed E-state index contributed by atoms with van der Waals surface area (Å²) in [5.41, 5.74) is 1.89. The molecule has 0 aromatic heterocycles. The third kappa shape index (κ3) is 3.68. The lowest BCUT2D eigenvalue weighted by Crippen LogP contribution is -2.52. The number of aliphatic hydroxyl groups is 1. The van der Waals surface area contributed by atoms with Crippen molar-refractivity contribution in [3.05, 3.63) is 48.0 Å². The molecule has 2 rings (SSSR count). The maximum atomic E-state index is 10.5. The molecule has 0 aliphatic heterocycles. The highest BCUT2D eigenvalue weighted by Crippen LogP contribution is 2.35. The molecule has 0 bridgehead atoms. The second-order valence-electron chi connectivity index (χ2n) is 6.09. The Hall–Kier alpha value is -1.12. The molecule has 19 heavy (non-hydrogen) atoms. The van der Waals surface area contributed by atoms with Crippen LogP contribution in [0.3, 0.4) is 0 Å². The van der Waals surface area contributed by atoms with E-state index in [1.54, 1.807) is 0 Å². The van der Waals surface area contributed by atoms with Crippen molar-refractivity contribution >= 4 is 0 Å². The van der Waals surface area contributed by atoms with Gasteiger partial charge in [-0.3, -0.25) is 0 Å². The van der Waals surface area contributed by atoms with E-state index >= 15 is 0 Å². The minimum Gasteiger partial charge on any atom is -0.389 e. The van der Waals surface area contributed by atoms with Gasteiger partial charge in [-0.05, 0) is 44.6 Å². The Bertz CT molecular complexity index is 424. The zero-order valence-electron chi connectivity index (χ0n) is 12.0. The van der Waals surface area contributed by atoms with E-state index in [-0.39, 0.29) is 6.04 Å². The molecule has 2 N–H and O–H groups in total. The average Bonchev–Trinajstić information content (AvgIpc) is 2.38. The van der Waals surface area contributed by atoms with Crippen LogP contribution in [0.15, 0.2) is 42.5 Å². The topological polar surface area (TPSA) is 32.3 Å². The highest BCUT2D eigenvalue weighted by molar-refractivity contribution is 5.15. The van der Waals surface area contributed by atoms with Gasteiger partial charge in [-0.15, -0.1) is 0 Å². The van der Waals surface area contributed by atoms with Gasteiger partial charge in [-0.2, -0.15) is 0 Å². The van der Waals surface area contributed by atoms with Crippen LogP contribution in [0.4, 0.5) is 0 Å². The molecule has 0 unspecified atom stereocenters. The van der Waals surface area contributed by atoms with Crippen molar-refractivity contribution in [2.75, 3.05) is 0 Å². The van der Waals surface area contributed by atoms with Crippen molar-refractivity contribution < 1.29 is 5.11 Å². The third-order valence-corrected chi connectivity index (χ3v) is 4.36. The van der Waals surface area contributed by atoms with Crippen molar-refractivity contribution in [3.63, 3.8) is 0 Å². The van der Waals surface area contributed by atoms with Crippen molar-refractivity contribution in [1.82, 2.24) is 5.32 Å². The molecule has 1 aromatic carbocycles. The summed E-state index contributed by atoms with van der Waals surface area (Å²) >= 11 is 0. The molecule has 1 aliphatic rings. The second kappa shape index (κ2) is 5.89. The summed E-state index contributed by atoms with van der Waals surface area (Å²) in [5.74, 6) is 0.536. The van der Waals surface area contributed by atoms with Crippen LogP contribution >= 0.6 is 0 Å². The molecule has 2 heteroatoms. The van der Waals surface area contributed by atoms with E-state index in [1.807, 2.05) is 25.1 Å². The summed E-state index contributed by atoms with van der Waals surface area (Å²) < 4.78 is 0. The Kier molecular flexibility index (Phi) is 4.43. The lowest BCUT2D eigenvalue weighted by Gasteiger charge is -2.41. The summed E-state index contributed by atoms with van der Waals surface area (Å²) in [7, 11) is 0. The van der Waals surface area contributed by atoms with Gasteiger partial charge in [0, 0.05) is 12.6 Å². The normalized spacial score (nSPS) is 31.1. The molecule has 104 valence electrons. The zero-order chi connectivity index (χ0) is 13.9. The largest absolute Gasteiger partial charge is 0.389 e. The summed E-state index contributed by atoms with van der Waals surface area (Å²) in [4.78, 5) is 0. The van der Waals surface area contributed by atoms with E-state index in [2.05, 4.69) is 31.0 Å². The second-order valence-corrected chi connectivity index (χ2v) is 6.09. The number of hydrogen-bond acceptors (Lipinski definition) is 2. The fourth-order valence-corrected chi connectivity index (χ4v) is 2.88. The maximum absolute atomic E-state index is 10.5. The predicted octanol–water partition coefficient (Wildman–Crippen LogP) is 3.27. The van der Waals surface area contributed by atoms with E-state index in [0.717, 1.165) is 25.8 Å². The Morgan fingerprint density at radius 1 is 1.42 bits per heavy atom. The van der Waals surface area contributed by atoms with Gasteiger partial charge in [-0.25, -0.2) is 0 Å². The highest BCUT2D eigenvalue weighted by Gasteiger charge is 2.38. The first-order valence-electron chi connectivity index (χ1n) is 7.14. The molecule has 0 heterocycles. The van der Waals surface area contributed by atoms with Gasteiger partial charge in [0.1, 0.15) is 0 Å². The highest BCUT2D eigenvalue weighted by atomic mass is 16.3. The molecule has 0 saturated heterocycles. The fourth-order valence-electron chi connectivity index (χ4n) is 2.88. The van der Waals surface area contributed by atoms with Gasteiger partial charge >= 0.3 is 0 Å². The van der Waals surface area contributed by atoms with E-state index in [1.165, 1.54) is 11.1 Å². The van der Waals surface area contributed by atoms with Gasteiger partial charge in [0.15, 0.2) is 0 Å². The molecule has 1 aliphatic carbocycles. The van der Waals surface area contributed by atoms with Crippen molar-refractivity contribution in [3.8, 4) is 0 Å². The molecule has 1 aromatic rings. The minimum atomic E-state index is -0.610. The number of hydrogen-bond donors (Lipinski definition) is 2. The molecule has 3 atom stereocenters. The summed E-state index contributed by atoms with van der Waals surface area (Å²) in [6.07, 6.45) is 2.87. The van der Waals surface area contributed by atoms with E-state index in [0.29, 0.717) is 5.92 Å². The monoisotopic (exact) mass is 259 g/mol. The van der Waals surface area contributed by atoms with Crippen LogP contribution < -0.4 is 5.32 Å². The first kappa shape index (κ1) is 14.3. The molecule has 0 radical (unpaired) electrons. The SMILES string of the molecule is C=C(C)[C@H]1CC[C@](C)(O)[C@@H](NCc2ccccc2)C1. The van der Waals surface area contributed by atoms with Crippen LogP contribution in [-0.2, 0) is 6.54 Å². The predicted molar refractivity (Wildman–Crippen MR) is 79.8 cm³/mol. The number of rotatable bonds is 4. The van der Waals surface area contributed by atoms with Crippen LogP contribution in [0.5, 0.6) is 0 Å². The van der Waals surface area contributed by atoms with Crippen LogP contribution in [0.2, 0.25) is 0 Å². The Balaban J connectivity index is 1.97. The van der Waals surface area contributed by atoms with Gasteiger partial charge in [0.2, 0.25) is 0 Å². The zero-order valence-corrected chi connectivity index (χ0v) is 12.0. The van der Waals surface area contributed by atoms with Crippen LogP contribution in [0.1, 0.15) is 38.7 Å². The van der Waals surface area contributed by atoms with E-state index < -0.39 is 5.60 Å². The number of allylic oxidation sites excluding steroid dienone is 1.